The number of nitrogens with two attached hydrogens (primary N) is 1. The molecular formula is C14H12Cl2FNO. The zero-order valence-electron chi connectivity index (χ0n) is 10.2. The van der Waals surface area contributed by atoms with Crippen LogP contribution in [0, 0.1) is 5.82 Å². The zero-order valence-corrected chi connectivity index (χ0v) is 11.7. The van der Waals surface area contributed by atoms with Crippen LogP contribution in [0.4, 0.5) is 4.39 Å². The lowest BCUT2D eigenvalue weighted by Gasteiger charge is -2.17. The van der Waals surface area contributed by atoms with Crippen LogP contribution in [0.2, 0.25) is 10.0 Å². The Morgan fingerprint density at radius 1 is 1.11 bits per heavy atom. The Hall–Kier alpha value is -1.29. The van der Waals surface area contributed by atoms with Crippen molar-refractivity contribution in [2.24, 2.45) is 5.73 Å². The number of hydrogen-bond acceptors (Lipinski definition) is 2. The Labute approximate surface area is 120 Å². The first-order chi connectivity index (χ1) is 9.02. The topological polar surface area (TPSA) is 35.2 Å². The van der Waals surface area contributed by atoms with Crippen LogP contribution < -0.4 is 10.5 Å². The van der Waals surface area contributed by atoms with Gasteiger partial charge in [0.15, 0.2) is 0 Å². The lowest BCUT2D eigenvalue weighted by molar-refractivity contribution is 0.406. The van der Waals surface area contributed by atoms with Gasteiger partial charge in [-0.15, -0.1) is 0 Å². The maximum Gasteiger partial charge on any atom is 0.124 e. The second kappa shape index (κ2) is 5.78. The first-order valence-corrected chi connectivity index (χ1v) is 6.32. The summed E-state index contributed by atoms with van der Waals surface area (Å²) in [5.74, 6) is 0.120. The fourth-order valence-corrected chi connectivity index (χ4v) is 2.28. The quantitative estimate of drug-likeness (QED) is 0.922. The number of methoxy groups -OCH3 is 1. The van der Waals surface area contributed by atoms with Crippen molar-refractivity contribution in [2.75, 3.05) is 7.11 Å². The standard InChI is InChI=1S/C14H12Cl2FNO/c1-19-13-5-3-9(17)7-11(13)14(18)10-6-8(15)2-4-12(10)16/h2-7,14H,18H2,1H3. The normalized spacial score (nSPS) is 12.3. The molecule has 0 aliphatic heterocycles. The van der Waals surface area contributed by atoms with Gasteiger partial charge in [-0.25, -0.2) is 4.39 Å². The Bertz CT molecular complexity index is 604. The van der Waals surface area contributed by atoms with Gasteiger partial charge in [0.25, 0.3) is 0 Å². The van der Waals surface area contributed by atoms with Crippen molar-refractivity contribution in [1.82, 2.24) is 0 Å². The summed E-state index contributed by atoms with van der Waals surface area (Å²) in [6.07, 6.45) is 0. The van der Waals surface area contributed by atoms with E-state index in [1.54, 1.807) is 18.2 Å². The SMILES string of the molecule is COc1ccc(F)cc1C(N)c1cc(Cl)ccc1Cl. The van der Waals surface area contributed by atoms with Crippen LogP contribution in [0.15, 0.2) is 36.4 Å². The first kappa shape index (κ1) is 14.1. The average molecular weight is 300 g/mol. The van der Waals surface area contributed by atoms with Gasteiger partial charge in [-0.05, 0) is 42.0 Å². The predicted octanol–water partition coefficient (Wildman–Crippen LogP) is 4.19. The van der Waals surface area contributed by atoms with Gasteiger partial charge in [-0.2, -0.15) is 0 Å². The van der Waals surface area contributed by atoms with Crippen LogP contribution in [0.3, 0.4) is 0 Å². The summed E-state index contributed by atoms with van der Waals surface area (Å²) < 4.78 is 18.6. The predicted molar refractivity (Wildman–Crippen MR) is 75.4 cm³/mol. The number of hydrogen-bond donors (Lipinski definition) is 1. The summed E-state index contributed by atoms with van der Waals surface area (Å²) >= 11 is 12.0. The molecule has 0 saturated carbocycles. The molecule has 19 heavy (non-hydrogen) atoms. The molecule has 2 aromatic carbocycles. The van der Waals surface area contributed by atoms with Gasteiger partial charge in [0.1, 0.15) is 11.6 Å². The molecule has 2 rings (SSSR count). The van der Waals surface area contributed by atoms with Crippen molar-refractivity contribution in [3.63, 3.8) is 0 Å². The van der Waals surface area contributed by atoms with Crippen LogP contribution >= 0.6 is 23.2 Å². The molecule has 1 atom stereocenters. The van der Waals surface area contributed by atoms with Crippen molar-refractivity contribution >= 4 is 23.2 Å². The number of rotatable bonds is 3. The lowest BCUT2D eigenvalue weighted by atomic mass is 9.98. The molecule has 5 heteroatoms. The van der Waals surface area contributed by atoms with Gasteiger partial charge in [0.2, 0.25) is 0 Å². The van der Waals surface area contributed by atoms with Gasteiger partial charge in [0.05, 0.1) is 13.2 Å². The molecule has 100 valence electrons. The molecule has 1 unspecified atom stereocenters. The minimum Gasteiger partial charge on any atom is -0.496 e. The number of halogens is 3. The molecule has 0 radical (unpaired) electrons. The monoisotopic (exact) mass is 299 g/mol. The van der Waals surface area contributed by atoms with E-state index in [-0.39, 0.29) is 5.82 Å². The third-order valence-electron chi connectivity index (χ3n) is 2.82. The zero-order chi connectivity index (χ0) is 14.0. The molecular weight excluding hydrogens is 288 g/mol. The molecule has 0 saturated heterocycles. The van der Waals surface area contributed by atoms with E-state index in [1.165, 1.54) is 25.3 Å². The molecule has 2 nitrogen and oxygen atoms in total. The third-order valence-corrected chi connectivity index (χ3v) is 3.40. The van der Waals surface area contributed by atoms with Crippen molar-refractivity contribution in [3.8, 4) is 5.75 Å². The van der Waals surface area contributed by atoms with Crippen LogP contribution in [-0.4, -0.2) is 7.11 Å². The molecule has 0 aromatic heterocycles. The Kier molecular flexibility index (Phi) is 4.30. The van der Waals surface area contributed by atoms with E-state index < -0.39 is 6.04 Å². The van der Waals surface area contributed by atoms with E-state index in [9.17, 15) is 4.39 Å². The van der Waals surface area contributed by atoms with Gasteiger partial charge >= 0.3 is 0 Å². The van der Waals surface area contributed by atoms with E-state index in [0.29, 0.717) is 26.9 Å². The Morgan fingerprint density at radius 3 is 2.53 bits per heavy atom. The van der Waals surface area contributed by atoms with E-state index in [2.05, 4.69) is 0 Å². The van der Waals surface area contributed by atoms with Crippen molar-refractivity contribution in [1.29, 1.82) is 0 Å². The van der Waals surface area contributed by atoms with Crippen molar-refractivity contribution < 1.29 is 9.13 Å². The van der Waals surface area contributed by atoms with Crippen LogP contribution in [0.1, 0.15) is 17.2 Å². The highest BCUT2D eigenvalue weighted by Gasteiger charge is 2.18. The lowest BCUT2D eigenvalue weighted by Crippen LogP contribution is -2.14. The van der Waals surface area contributed by atoms with Crippen LogP contribution in [0.25, 0.3) is 0 Å². The van der Waals surface area contributed by atoms with Gasteiger partial charge in [-0.1, -0.05) is 23.2 Å². The molecule has 0 spiro atoms. The maximum absolute atomic E-state index is 13.4. The highest BCUT2D eigenvalue weighted by atomic mass is 35.5. The fourth-order valence-electron chi connectivity index (χ4n) is 1.87. The number of ether oxygens (including phenoxy) is 1. The van der Waals surface area contributed by atoms with Crippen molar-refractivity contribution in [2.45, 2.75) is 6.04 Å². The van der Waals surface area contributed by atoms with E-state index in [0.717, 1.165) is 0 Å². The van der Waals surface area contributed by atoms with E-state index >= 15 is 0 Å². The van der Waals surface area contributed by atoms with Gasteiger partial charge in [0, 0.05) is 15.6 Å². The third kappa shape index (κ3) is 3.00. The molecule has 2 aromatic rings. The summed E-state index contributed by atoms with van der Waals surface area (Å²) in [5.41, 5.74) is 7.28. The maximum atomic E-state index is 13.4. The molecule has 2 N–H and O–H groups in total. The summed E-state index contributed by atoms with van der Waals surface area (Å²) in [6.45, 7) is 0. The minimum atomic E-state index is -0.614. The molecule has 0 heterocycles. The summed E-state index contributed by atoms with van der Waals surface area (Å²) in [4.78, 5) is 0. The largest absolute Gasteiger partial charge is 0.496 e. The summed E-state index contributed by atoms with van der Waals surface area (Å²) in [6, 6.07) is 8.56. The average Bonchev–Trinajstić information content (AvgIpc) is 2.40. The minimum absolute atomic E-state index is 0.385. The Balaban J connectivity index is 2.51. The fraction of sp³-hybridized carbons (Fsp3) is 0.143. The Morgan fingerprint density at radius 2 is 1.84 bits per heavy atom. The smallest absolute Gasteiger partial charge is 0.124 e. The molecule has 0 bridgehead atoms. The first-order valence-electron chi connectivity index (χ1n) is 5.57. The molecule has 0 fully saturated rings. The van der Waals surface area contributed by atoms with Gasteiger partial charge < -0.3 is 10.5 Å². The highest BCUT2D eigenvalue weighted by molar-refractivity contribution is 6.33. The van der Waals surface area contributed by atoms with E-state index in [1.807, 2.05) is 0 Å². The number of benzene rings is 2. The molecule has 0 aliphatic carbocycles. The van der Waals surface area contributed by atoms with E-state index in [4.69, 9.17) is 33.7 Å². The summed E-state index contributed by atoms with van der Waals surface area (Å²) in [5, 5.41) is 0.994. The van der Waals surface area contributed by atoms with Crippen molar-refractivity contribution in [3.05, 3.63) is 63.4 Å². The second-order valence-electron chi connectivity index (χ2n) is 4.03. The van der Waals surface area contributed by atoms with Crippen LogP contribution in [0.5, 0.6) is 5.75 Å². The second-order valence-corrected chi connectivity index (χ2v) is 4.87. The van der Waals surface area contributed by atoms with Gasteiger partial charge in [-0.3, -0.25) is 0 Å². The molecule has 0 aliphatic rings. The highest BCUT2D eigenvalue weighted by Crippen LogP contribution is 2.33. The van der Waals surface area contributed by atoms with Crippen LogP contribution in [-0.2, 0) is 0 Å². The summed E-state index contributed by atoms with van der Waals surface area (Å²) in [7, 11) is 1.50. The molecule has 0 amide bonds.